The molecule has 0 atom stereocenters. The minimum atomic E-state index is 0.651. The zero-order valence-electron chi connectivity index (χ0n) is 18.2. The Hall–Kier alpha value is -3.92. The molecule has 3 aliphatic rings. The number of nitrogens with one attached hydrogen (secondary N) is 1. The molecule has 2 aromatic rings. The van der Waals surface area contributed by atoms with E-state index in [1.54, 1.807) is 7.05 Å². The molecule has 1 aliphatic heterocycles. The summed E-state index contributed by atoms with van der Waals surface area (Å²) in [6.45, 7) is 2.07. The van der Waals surface area contributed by atoms with Gasteiger partial charge in [0.1, 0.15) is 11.3 Å². The van der Waals surface area contributed by atoms with Crippen molar-refractivity contribution in [1.29, 1.82) is 0 Å². The minimum Gasteiger partial charge on any atom is -0.456 e. The number of carbonyl (C=O) groups excluding carboxylic acids is 1. The van der Waals surface area contributed by atoms with E-state index in [0.29, 0.717) is 5.56 Å². The maximum Gasteiger partial charge on any atom is 0.150 e. The SMILES string of the molecule is CN=c1ccc2c(-c3ccccc3C=O)c3cc(NC4=CCCC=C4)c(C)cc3oc-2c1. The third-order valence-electron chi connectivity index (χ3n) is 5.94. The molecule has 0 spiro atoms. The van der Waals surface area contributed by atoms with Crippen LogP contribution in [0.2, 0.25) is 0 Å². The van der Waals surface area contributed by atoms with E-state index in [1.807, 2.05) is 42.5 Å². The molecule has 0 bridgehead atoms. The van der Waals surface area contributed by atoms with Crippen molar-refractivity contribution in [2.75, 3.05) is 12.4 Å². The standard InChI is InChI=1S/C28H24N2O2/c1-18-14-26-24(16-25(18)30-20-9-4-3-5-10-20)28(22-11-7-6-8-19(22)17-31)23-13-12-21(29-2)15-27(23)32-26/h4,6-17,30H,3,5H2,1-2H3. The number of aryl methyl sites for hydroxylation is 1. The molecule has 0 aromatic heterocycles. The Morgan fingerprint density at radius 1 is 1.03 bits per heavy atom. The molecule has 2 aliphatic carbocycles. The van der Waals surface area contributed by atoms with Gasteiger partial charge in [-0.05, 0) is 61.2 Å². The van der Waals surface area contributed by atoms with E-state index in [0.717, 1.165) is 74.9 Å². The molecule has 1 heterocycles. The van der Waals surface area contributed by atoms with Crippen LogP contribution < -0.4 is 10.7 Å². The molecule has 0 saturated carbocycles. The Labute approximate surface area is 187 Å². The molecule has 2 aromatic carbocycles. The van der Waals surface area contributed by atoms with Crippen LogP contribution in [0, 0.1) is 6.92 Å². The lowest BCUT2D eigenvalue weighted by Crippen LogP contribution is -2.04. The number of benzene rings is 3. The first kappa shape index (κ1) is 20.0. The van der Waals surface area contributed by atoms with Crippen LogP contribution in [0.1, 0.15) is 28.8 Å². The Bertz CT molecular complexity index is 1440. The number of allylic oxidation sites excluding steroid dienone is 3. The highest BCUT2D eigenvalue weighted by molar-refractivity contribution is 6.06. The van der Waals surface area contributed by atoms with Gasteiger partial charge in [0.2, 0.25) is 0 Å². The van der Waals surface area contributed by atoms with Gasteiger partial charge < -0.3 is 9.73 Å². The Kier molecular flexibility index (Phi) is 5.20. The van der Waals surface area contributed by atoms with Crippen molar-refractivity contribution >= 4 is 22.9 Å². The molecule has 32 heavy (non-hydrogen) atoms. The van der Waals surface area contributed by atoms with Crippen LogP contribution in [0.5, 0.6) is 0 Å². The van der Waals surface area contributed by atoms with Crippen molar-refractivity contribution < 1.29 is 9.21 Å². The summed E-state index contributed by atoms with van der Waals surface area (Å²) in [6.07, 6.45) is 9.55. The third kappa shape index (κ3) is 3.54. The molecule has 4 nitrogen and oxygen atoms in total. The average Bonchev–Trinajstić information content (AvgIpc) is 2.83. The summed E-state index contributed by atoms with van der Waals surface area (Å²) < 4.78 is 6.35. The topological polar surface area (TPSA) is 54.6 Å². The van der Waals surface area contributed by atoms with Crippen LogP contribution in [-0.4, -0.2) is 13.3 Å². The second-order valence-electron chi connectivity index (χ2n) is 8.01. The van der Waals surface area contributed by atoms with E-state index >= 15 is 0 Å². The van der Waals surface area contributed by atoms with Gasteiger partial charge in [-0.3, -0.25) is 9.79 Å². The summed E-state index contributed by atoms with van der Waals surface area (Å²) in [7, 11) is 1.77. The van der Waals surface area contributed by atoms with Crippen molar-refractivity contribution in [3.05, 3.63) is 95.0 Å². The van der Waals surface area contributed by atoms with Crippen molar-refractivity contribution in [3.8, 4) is 22.5 Å². The van der Waals surface area contributed by atoms with E-state index in [-0.39, 0.29) is 0 Å². The maximum absolute atomic E-state index is 11.9. The van der Waals surface area contributed by atoms with Crippen LogP contribution in [0.3, 0.4) is 0 Å². The lowest BCUT2D eigenvalue weighted by Gasteiger charge is -2.19. The smallest absolute Gasteiger partial charge is 0.150 e. The Morgan fingerprint density at radius 2 is 1.91 bits per heavy atom. The number of hydrogen-bond acceptors (Lipinski definition) is 4. The lowest BCUT2D eigenvalue weighted by molar-refractivity contribution is 0.112. The largest absolute Gasteiger partial charge is 0.456 e. The van der Waals surface area contributed by atoms with Crippen LogP contribution in [0.15, 0.2) is 87.9 Å². The molecule has 5 rings (SSSR count). The van der Waals surface area contributed by atoms with Crippen LogP contribution in [-0.2, 0) is 0 Å². The van der Waals surface area contributed by atoms with Crippen molar-refractivity contribution in [3.63, 3.8) is 0 Å². The highest BCUT2D eigenvalue weighted by atomic mass is 16.3. The van der Waals surface area contributed by atoms with Gasteiger partial charge >= 0.3 is 0 Å². The van der Waals surface area contributed by atoms with Gasteiger partial charge in [-0.2, -0.15) is 0 Å². The van der Waals surface area contributed by atoms with E-state index in [1.165, 1.54) is 0 Å². The lowest BCUT2D eigenvalue weighted by atomic mass is 9.90. The third-order valence-corrected chi connectivity index (χ3v) is 5.94. The molecule has 0 amide bonds. The van der Waals surface area contributed by atoms with E-state index < -0.39 is 0 Å². The second-order valence-corrected chi connectivity index (χ2v) is 8.01. The van der Waals surface area contributed by atoms with Crippen LogP contribution in [0.25, 0.3) is 33.4 Å². The number of hydrogen-bond donors (Lipinski definition) is 1. The van der Waals surface area contributed by atoms with Crippen LogP contribution in [0.4, 0.5) is 5.69 Å². The van der Waals surface area contributed by atoms with Gasteiger partial charge in [-0.1, -0.05) is 36.4 Å². The number of aldehydes is 1. The Balaban J connectivity index is 1.84. The predicted octanol–water partition coefficient (Wildman–Crippen LogP) is 6.50. The highest BCUT2D eigenvalue weighted by Crippen LogP contribution is 2.42. The van der Waals surface area contributed by atoms with E-state index in [4.69, 9.17) is 4.42 Å². The first-order valence-electron chi connectivity index (χ1n) is 10.8. The zero-order chi connectivity index (χ0) is 22.1. The van der Waals surface area contributed by atoms with Crippen molar-refractivity contribution in [2.24, 2.45) is 4.99 Å². The molecule has 0 fully saturated rings. The first-order chi connectivity index (χ1) is 15.7. The number of rotatable bonds is 4. The van der Waals surface area contributed by atoms with Crippen molar-refractivity contribution in [1.82, 2.24) is 0 Å². The molecule has 0 unspecified atom stereocenters. The molecule has 4 heteroatoms. The summed E-state index contributed by atoms with van der Waals surface area (Å²) in [4.78, 5) is 16.2. The molecule has 0 saturated heterocycles. The summed E-state index contributed by atoms with van der Waals surface area (Å²) >= 11 is 0. The molecule has 1 N–H and O–H groups in total. The zero-order valence-corrected chi connectivity index (χ0v) is 18.2. The number of anilines is 1. The van der Waals surface area contributed by atoms with Gasteiger partial charge in [-0.25, -0.2) is 0 Å². The number of carbonyl (C=O) groups is 1. The van der Waals surface area contributed by atoms with Gasteiger partial charge in [0, 0.05) is 46.6 Å². The van der Waals surface area contributed by atoms with Gasteiger partial charge in [0.25, 0.3) is 0 Å². The van der Waals surface area contributed by atoms with E-state index in [9.17, 15) is 4.79 Å². The molecular weight excluding hydrogens is 396 g/mol. The number of fused-ring (bicyclic) bond motifs is 2. The van der Waals surface area contributed by atoms with Gasteiger partial charge in [0.05, 0.1) is 5.36 Å². The maximum atomic E-state index is 11.9. The predicted molar refractivity (Wildman–Crippen MR) is 130 cm³/mol. The van der Waals surface area contributed by atoms with Gasteiger partial charge in [0.15, 0.2) is 6.29 Å². The highest BCUT2D eigenvalue weighted by Gasteiger charge is 2.20. The molecule has 158 valence electrons. The number of nitrogens with zero attached hydrogens (tertiary/aromatic N) is 1. The molecule has 0 radical (unpaired) electrons. The minimum absolute atomic E-state index is 0.651. The van der Waals surface area contributed by atoms with E-state index in [2.05, 4.69) is 47.6 Å². The summed E-state index contributed by atoms with van der Waals surface area (Å²) in [5, 5.41) is 5.37. The Morgan fingerprint density at radius 3 is 2.69 bits per heavy atom. The summed E-state index contributed by atoms with van der Waals surface area (Å²) in [5.41, 5.74) is 7.47. The fraction of sp³-hybridized carbons (Fsp3) is 0.143. The van der Waals surface area contributed by atoms with Crippen molar-refractivity contribution in [2.45, 2.75) is 19.8 Å². The van der Waals surface area contributed by atoms with Crippen LogP contribution >= 0.6 is 0 Å². The first-order valence-corrected chi connectivity index (χ1v) is 10.8. The second kappa shape index (κ2) is 8.31. The quantitative estimate of drug-likeness (QED) is 0.303. The summed E-state index contributed by atoms with van der Waals surface area (Å²) in [5.74, 6) is 0.745. The average molecular weight is 421 g/mol. The van der Waals surface area contributed by atoms with Gasteiger partial charge in [-0.15, -0.1) is 0 Å². The summed E-state index contributed by atoms with van der Waals surface area (Å²) in [6, 6.07) is 17.8. The monoisotopic (exact) mass is 420 g/mol. The normalized spacial score (nSPS) is 14.1. The fourth-order valence-electron chi connectivity index (χ4n) is 4.28. The fourth-order valence-corrected chi connectivity index (χ4v) is 4.28. The molecular formula is C28H24N2O2.